The second-order valence-corrected chi connectivity index (χ2v) is 14.9. The molecule has 0 bridgehead atoms. The van der Waals surface area contributed by atoms with Crippen LogP contribution in [0.5, 0.6) is 5.75 Å². The number of nitrogens with zero attached hydrogens (tertiary/aromatic N) is 2. The quantitative estimate of drug-likeness (QED) is 0.374. The Morgan fingerprint density at radius 2 is 1.58 bits per heavy atom. The van der Waals surface area contributed by atoms with E-state index >= 15 is 0 Å². The molecule has 2 amide bonds. The van der Waals surface area contributed by atoms with Gasteiger partial charge in [-0.15, -0.1) is 0 Å². The molecule has 43 heavy (non-hydrogen) atoms. The lowest BCUT2D eigenvalue weighted by Gasteiger charge is -2.25. The van der Waals surface area contributed by atoms with Crippen LogP contribution in [0.15, 0.2) is 89.9 Å². The summed E-state index contributed by atoms with van der Waals surface area (Å²) in [4.78, 5) is 32.6. The van der Waals surface area contributed by atoms with E-state index in [-0.39, 0.29) is 29.2 Å². The first kappa shape index (κ1) is 30.6. The zero-order chi connectivity index (χ0) is 30.6. The molecule has 2 aliphatic rings. The summed E-state index contributed by atoms with van der Waals surface area (Å²) in [5, 5.41) is 2.82. The lowest BCUT2D eigenvalue weighted by atomic mass is 10.1. The Labute approximate surface area is 256 Å². The molecule has 2 fully saturated rings. The highest BCUT2D eigenvalue weighted by molar-refractivity contribution is 8.16. The van der Waals surface area contributed by atoms with Crippen LogP contribution in [0.4, 0.5) is 10.5 Å². The molecule has 3 atom stereocenters. The van der Waals surface area contributed by atoms with Gasteiger partial charge < -0.3 is 19.7 Å². The summed E-state index contributed by atoms with van der Waals surface area (Å²) in [7, 11) is -3.24. The number of hydrogen-bond acceptors (Lipinski definition) is 7. The molecule has 2 heterocycles. The Kier molecular flexibility index (Phi) is 9.12. The molecule has 3 aromatic rings. The Hall–Kier alpha value is -3.83. The van der Waals surface area contributed by atoms with E-state index in [2.05, 4.69) is 10.3 Å². The number of anilines is 1. The first-order valence-corrected chi connectivity index (χ1v) is 16.7. The van der Waals surface area contributed by atoms with Crippen molar-refractivity contribution in [1.82, 2.24) is 5.32 Å². The van der Waals surface area contributed by atoms with Crippen LogP contribution in [0.25, 0.3) is 0 Å². The van der Waals surface area contributed by atoms with Gasteiger partial charge in [-0.2, -0.15) is 4.99 Å². The monoisotopic (exact) mass is 621 g/mol. The minimum Gasteiger partial charge on any atom is -0.489 e. The predicted molar refractivity (Wildman–Crippen MR) is 169 cm³/mol. The molecule has 226 valence electrons. The summed E-state index contributed by atoms with van der Waals surface area (Å²) in [6.45, 7) is 5.66. The molecule has 0 aromatic heterocycles. The first-order chi connectivity index (χ1) is 20.5. The minimum absolute atomic E-state index is 0.00785. The van der Waals surface area contributed by atoms with E-state index in [0.717, 1.165) is 11.1 Å². The van der Waals surface area contributed by atoms with Crippen LogP contribution in [0, 0.1) is 0 Å². The zero-order valence-electron chi connectivity index (χ0n) is 24.3. The fourth-order valence-electron chi connectivity index (χ4n) is 4.98. The van der Waals surface area contributed by atoms with E-state index in [1.807, 2.05) is 89.8 Å². The Bertz CT molecular complexity index is 1570. The van der Waals surface area contributed by atoms with Gasteiger partial charge in [0.1, 0.15) is 24.0 Å². The molecular formula is C32H35N3O6S2. The lowest BCUT2D eigenvalue weighted by molar-refractivity contribution is -0.119. The molecule has 9 nitrogen and oxygen atoms in total. The summed E-state index contributed by atoms with van der Waals surface area (Å²) < 4.78 is 36.4. The maximum Gasteiger partial charge on any atom is 0.408 e. The van der Waals surface area contributed by atoms with Crippen molar-refractivity contribution in [3.05, 3.63) is 96.1 Å². The van der Waals surface area contributed by atoms with Gasteiger partial charge in [-0.05, 0) is 56.2 Å². The number of fused-ring (bicyclic) bond motifs is 1. The Morgan fingerprint density at radius 3 is 2.21 bits per heavy atom. The standard InChI is InChI=1S/C32H35N3O6S2/c1-32(2,3)41-31(37)33-26(18-22-10-6-4-7-11-22)29(36)34-30-35(27-20-43(38,39)21-28(27)42-30)24-14-16-25(17-15-24)40-19-23-12-8-5-9-13-23/h4-17,26-28H,18-21H2,1-3H3,(H,33,37)/t26-,27+,28-/m0/s1. The van der Waals surface area contributed by atoms with Gasteiger partial charge >= 0.3 is 6.09 Å². The molecular weight excluding hydrogens is 587 g/mol. The number of carbonyl (C=O) groups excluding carboxylic acids is 2. The number of hydrogen-bond donors (Lipinski definition) is 1. The largest absolute Gasteiger partial charge is 0.489 e. The highest BCUT2D eigenvalue weighted by atomic mass is 32.2. The molecule has 5 rings (SSSR count). The van der Waals surface area contributed by atoms with Gasteiger partial charge in [0.25, 0.3) is 5.91 Å². The summed E-state index contributed by atoms with van der Waals surface area (Å²) in [6, 6.07) is 25.1. The Balaban J connectivity index is 1.39. The van der Waals surface area contributed by atoms with E-state index < -0.39 is 33.5 Å². The van der Waals surface area contributed by atoms with Crippen molar-refractivity contribution in [1.29, 1.82) is 0 Å². The van der Waals surface area contributed by atoms with Gasteiger partial charge in [-0.25, -0.2) is 13.2 Å². The number of amidine groups is 1. The number of benzene rings is 3. The maximum absolute atomic E-state index is 13.7. The van der Waals surface area contributed by atoms with Crippen LogP contribution in [0.3, 0.4) is 0 Å². The van der Waals surface area contributed by atoms with E-state index in [9.17, 15) is 18.0 Å². The normalized spacial score (nSPS) is 20.8. The van der Waals surface area contributed by atoms with Crippen LogP contribution in [0.2, 0.25) is 0 Å². The topological polar surface area (TPSA) is 114 Å². The molecule has 11 heteroatoms. The summed E-state index contributed by atoms with van der Waals surface area (Å²) in [6.07, 6.45) is -0.498. The van der Waals surface area contributed by atoms with Gasteiger partial charge in [0.2, 0.25) is 0 Å². The highest BCUT2D eigenvalue weighted by Gasteiger charge is 2.49. The van der Waals surface area contributed by atoms with Crippen LogP contribution >= 0.6 is 11.8 Å². The fourth-order valence-corrected chi connectivity index (χ4v) is 8.90. The molecule has 0 unspecified atom stereocenters. The number of rotatable bonds is 8. The predicted octanol–water partition coefficient (Wildman–Crippen LogP) is 5.00. The minimum atomic E-state index is -3.24. The number of thioether (sulfide) groups is 1. The van der Waals surface area contributed by atoms with E-state index in [4.69, 9.17) is 9.47 Å². The van der Waals surface area contributed by atoms with Gasteiger partial charge in [-0.3, -0.25) is 4.79 Å². The van der Waals surface area contributed by atoms with E-state index in [1.165, 1.54) is 11.8 Å². The molecule has 0 spiro atoms. The van der Waals surface area contributed by atoms with Crippen LogP contribution in [-0.2, 0) is 32.4 Å². The van der Waals surface area contributed by atoms with Gasteiger partial charge in [-0.1, -0.05) is 72.4 Å². The van der Waals surface area contributed by atoms with Crippen molar-refractivity contribution >= 4 is 44.5 Å². The van der Waals surface area contributed by atoms with Gasteiger partial charge in [0, 0.05) is 17.4 Å². The molecule has 3 aromatic carbocycles. The number of ether oxygens (including phenoxy) is 2. The third-order valence-electron chi connectivity index (χ3n) is 6.91. The second-order valence-electron chi connectivity index (χ2n) is 11.6. The van der Waals surface area contributed by atoms with Crippen molar-refractivity contribution in [2.45, 2.75) is 56.7 Å². The number of amides is 2. The highest BCUT2D eigenvalue weighted by Crippen LogP contribution is 2.41. The first-order valence-electron chi connectivity index (χ1n) is 14.0. The Morgan fingerprint density at radius 1 is 0.953 bits per heavy atom. The number of nitrogens with one attached hydrogen (secondary N) is 1. The maximum atomic E-state index is 13.7. The van der Waals surface area contributed by atoms with Crippen molar-refractivity contribution < 1.29 is 27.5 Å². The fraction of sp³-hybridized carbons (Fsp3) is 0.344. The summed E-state index contributed by atoms with van der Waals surface area (Å²) in [5.41, 5.74) is 1.85. The molecule has 0 aliphatic carbocycles. The van der Waals surface area contributed by atoms with Crippen molar-refractivity contribution in [3.8, 4) is 5.75 Å². The number of sulfone groups is 1. The van der Waals surface area contributed by atoms with Crippen LogP contribution in [-0.4, -0.2) is 60.0 Å². The number of alkyl carbamates (subject to hydrolysis) is 1. The lowest BCUT2D eigenvalue weighted by Crippen LogP contribution is -2.45. The zero-order valence-corrected chi connectivity index (χ0v) is 25.9. The van der Waals surface area contributed by atoms with E-state index in [1.54, 1.807) is 20.8 Å². The summed E-state index contributed by atoms with van der Waals surface area (Å²) >= 11 is 1.28. The molecule has 0 radical (unpaired) electrons. The average Bonchev–Trinajstić information content (AvgIpc) is 3.42. The third kappa shape index (κ3) is 8.17. The van der Waals surface area contributed by atoms with Crippen LogP contribution in [0.1, 0.15) is 31.9 Å². The van der Waals surface area contributed by atoms with Gasteiger partial charge in [0.15, 0.2) is 15.0 Å². The summed E-state index contributed by atoms with van der Waals surface area (Å²) in [5.74, 6) is 0.0868. The van der Waals surface area contributed by atoms with Crippen molar-refractivity contribution in [3.63, 3.8) is 0 Å². The average molecular weight is 622 g/mol. The molecule has 2 aliphatic heterocycles. The second kappa shape index (κ2) is 12.8. The number of carbonyl (C=O) groups is 2. The third-order valence-corrected chi connectivity index (χ3v) is 10.1. The van der Waals surface area contributed by atoms with Crippen molar-refractivity contribution in [2.24, 2.45) is 4.99 Å². The molecule has 1 N–H and O–H groups in total. The SMILES string of the molecule is CC(C)(C)OC(=O)N[C@@H](Cc1ccccc1)C(=O)N=C1S[C@H]2CS(=O)(=O)C[C@H]2N1c1ccc(OCc2ccccc2)cc1. The molecule has 0 saturated carbocycles. The molecule has 2 saturated heterocycles. The smallest absolute Gasteiger partial charge is 0.408 e. The van der Waals surface area contributed by atoms with Crippen LogP contribution < -0.4 is 15.0 Å². The van der Waals surface area contributed by atoms with E-state index in [0.29, 0.717) is 23.2 Å². The van der Waals surface area contributed by atoms with Gasteiger partial charge in [0.05, 0.1) is 17.5 Å². The van der Waals surface area contributed by atoms with Crippen molar-refractivity contribution in [2.75, 3.05) is 16.4 Å². The number of aliphatic imine (C=N–C) groups is 1.